The molecular formula is C14H23ClOSi. The molecule has 0 aliphatic carbocycles. The minimum atomic E-state index is -1.67. The number of hydrogen-bond donors (Lipinski definition) is 0. The number of rotatable bonds is 4. The van der Waals surface area contributed by atoms with Crippen LogP contribution in [0.25, 0.3) is 0 Å². The minimum Gasteiger partial charge on any atom is -0.413 e. The van der Waals surface area contributed by atoms with Crippen LogP contribution in [-0.2, 0) is 16.9 Å². The van der Waals surface area contributed by atoms with Crippen LogP contribution in [-0.4, -0.2) is 8.32 Å². The van der Waals surface area contributed by atoms with E-state index in [0.29, 0.717) is 12.5 Å². The summed E-state index contributed by atoms with van der Waals surface area (Å²) in [6.45, 7) is 12.0. The molecule has 96 valence electrons. The van der Waals surface area contributed by atoms with Crippen molar-refractivity contribution in [1.29, 1.82) is 0 Å². The van der Waals surface area contributed by atoms with Gasteiger partial charge in [-0.1, -0.05) is 45.0 Å². The first-order valence-corrected chi connectivity index (χ1v) is 9.49. The highest BCUT2D eigenvalue weighted by atomic mass is 35.5. The van der Waals surface area contributed by atoms with Crippen molar-refractivity contribution in [1.82, 2.24) is 0 Å². The van der Waals surface area contributed by atoms with Crippen LogP contribution in [0.4, 0.5) is 0 Å². The lowest BCUT2D eigenvalue weighted by Crippen LogP contribution is -2.40. The Labute approximate surface area is 111 Å². The van der Waals surface area contributed by atoms with Gasteiger partial charge in [-0.15, -0.1) is 11.6 Å². The summed E-state index contributed by atoms with van der Waals surface area (Å²) in [5.74, 6) is 0.553. The highest BCUT2D eigenvalue weighted by Crippen LogP contribution is 2.37. The second-order valence-electron chi connectivity index (χ2n) is 5.95. The second kappa shape index (κ2) is 5.55. The number of hydrogen-bond acceptors (Lipinski definition) is 1. The molecule has 1 aromatic carbocycles. The zero-order valence-electron chi connectivity index (χ0n) is 11.5. The van der Waals surface area contributed by atoms with Crippen LogP contribution in [0.1, 0.15) is 31.9 Å². The molecule has 1 rings (SSSR count). The first-order valence-electron chi connectivity index (χ1n) is 6.04. The fraction of sp³-hybridized carbons (Fsp3) is 0.571. The maximum atomic E-state index is 6.20. The largest absolute Gasteiger partial charge is 0.413 e. The van der Waals surface area contributed by atoms with Gasteiger partial charge in [-0.2, -0.15) is 0 Å². The number of benzene rings is 1. The van der Waals surface area contributed by atoms with Crippen molar-refractivity contribution in [3.63, 3.8) is 0 Å². The van der Waals surface area contributed by atoms with Gasteiger partial charge in [0.2, 0.25) is 0 Å². The topological polar surface area (TPSA) is 9.23 Å². The van der Waals surface area contributed by atoms with E-state index in [1.54, 1.807) is 0 Å². The molecule has 0 aliphatic rings. The summed E-state index contributed by atoms with van der Waals surface area (Å²) >= 11 is 5.93. The molecule has 0 aliphatic heterocycles. The third-order valence-electron chi connectivity index (χ3n) is 3.66. The molecule has 3 heteroatoms. The predicted octanol–water partition coefficient (Wildman–Crippen LogP) is 4.95. The Morgan fingerprint density at radius 2 is 1.65 bits per heavy atom. The molecular weight excluding hydrogens is 248 g/mol. The van der Waals surface area contributed by atoms with Crippen molar-refractivity contribution in [2.45, 2.75) is 51.4 Å². The maximum Gasteiger partial charge on any atom is 0.192 e. The van der Waals surface area contributed by atoms with Crippen LogP contribution < -0.4 is 0 Å². The van der Waals surface area contributed by atoms with E-state index in [9.17, 15) is 0 Å². The molecule has 0 heterocycles. The lowest BCUT2D eigenvalue weighted by molar-refractivity contribution is 0.275. The minimum absolute atomic E-state index is 0.253. The predicted molar refractivity (Wildman–Crippen MR) is 78.0 cm³/mol. The molecule has 0 aromatic heterocycles. The normalized spacial score (nSPS) is 12.8. The lowest BCUT2D eigenvalue weighted by Gasteiger charge is -2.36. The fourth-order valence-corrected chi connectivity index (χ4v) is 2.51. The smallest absolute Gasteiger partial charge is 0.192 e. The summed E-state index contributed by atoms with van der Waals surface area (Å²) in [4.78, 5) is 0. The van der Waals surface area contributed by atoms with Crippen LogP contribution in [0.15, 0.2) is 24.3 Å². The molecule has 0 spiro atoms. The summed E-state index contributed by atoms with van der Waals surface area (Å²) in [5.41, 5.74) is 2.39. The summed E-state index contributed by atoms with van der Waals surface area (Å²) in [5, 5.41) is 0.253. The van der Waals surface area contributed by atoms with Gasteiger partial charge in [0.05, 0.1) is 6.61 Å². The van der Waals surface area contributed by atoms with E-state index in [1.807, 2.05) is 12.1 Å². The molecule has 0 fully saturated rings. The van der Waals surface area contributed by atoms with E-state index in [4.69, 9.17) is 16.0 Å². The van der Waals surface area contributed by atoms with Crippen molar-refractivity contribution in [2.75, 3.05) is 0 Å². The monoisotopic (exact) mass is 270 g/mol. The Morgan fingerprint density at radius 3 is 2.12 bits per heavy atom. The molecule has 0 radical (unpaired) electrons. The summed E-state index contributed by atoms with van der Waals surface area (Å²) in [7, 11) is -1.67. The lowest BCUT2D eigenvalue weighted by atomic mass is 10.1. The van der Waals surface area contributed by atoms with E-state index in [2.05, 4.69) is 46.0 Å². The Balaban J connectivity index is 2.74. The van der Waals surface area contributed by atoms with Gasteiger partial charge in [-0.05, 0) is 29.3 Å². The molecule has 0 saturated carbocycles. The van der Waals surface area contributed by atoms with Crippen LogP contribution in [0.5, 0.6) is 0 Å². The van der Waals surface area contributed by atoms with E-state index in [-0.39, 0.29) is 5.04 Å². The van der Waals surface area contributed by atoms with Crippen molar-refractivity contribution in [3.05, 3.63) is 35.4 Å². The van der Waals surface area contributed by atoms with Crippen LogP contribution >= 0.6 is 11.6 Å². The summed E-state index contributed by atoms with van der Waals surface area (Å²) in [6.07, 6.45) is 0. The molecule has 0 N–H and O–H groups in total. The Bertz CT molecular complexity index is 369. The van der Waals surface area contributed by atoms with Gasteiger partial charge in [0, 0.05) is 5.88 Å². The number of halogens is 1. The average Bonchev–Trinajstić information content (AvgIpc) is 2.25. The quantitative estimate of drug-likeness (QED) is 0.556. The fourth-order valence-electron chi connectivity index (χ4n) is 1.30. The maximum absolute atomic E-state index is 6.20. The van der Waals surface area contributed by atoms with E-state index >= 15 is 0 Å². The molecule has 0 amide bonds. The average molecular weight is 271 g/mol. The van der Waals surface area contributed by atoms with Gasteiger partial charge < -0.3 is 4.43 Å². The Morgan fingerprint density at radius 1 is 1.12 bits per heavy atom. The van der Waals surface area contributed by atoms with E-state index < -0.39 is 8.32 Å². The first-order chi connectivity index (χ1) is 7.78. The summed E-state index contributed by atoms with van der Waals surface area (Å²) in [6, 6.07) is 8.23. The van der Waals surface area contributed by atoms with Crippen molar-refractivity contribution < 1.29 is 4.43 Å². The first kappa shape index (κ1) is 14.7. The molecule has 17 heavy (non-hydrogen) atoms. The molecule has 1 aromatic rings. The van der Waals surface area contributed by atoms with Gasteiger partial charge >= 0.3 is 0 Å². The third kappa shape index (κ3) is 3.83. The van der Waals surface area contributed by atoms with E-state index in [0.717, 1.165) is 0 Å². The van der Waals surface area contributed by atoms with Crippen LogP contribution in [0.2, 0.25) is 18.1 Å². The zero-order valence-corrected chi connectivity index (χ0v) is 13.3. The van der Waals surface area contributed by atoms with Gasteiger partial charge in [-0.3, -0.25) is 0 Å². The van der Waals surface area contributed by atoms with Crippen molar-refractivity contribution in [3.8, 4) is 0 Å². The SMILES string of the molecule is CC(C)(C)[Si](C)(C)OCc1ccccc1CCl. The molecule has 0 atom stereocenters. The zero-order chi connectivity index (χ0) is 13.1. The molecule has 0 saturated heterocycles. The number of alkyl halides is 1. The van der Waals surface area contributed by atoms with Crippen molar-refractivity contribution in [2.24, 2.45) is 0 Å². The van der Waals surface area contributed by atoms with Gasteiger partial charge in [0.1, 0.15) is 0 Å². The van der Waals surface area contributed by atoms with Gasteiger partial charge in [0.15, 0.2) is 8.32 Å². The highest BCUT2D eigenvalue weighted by Gasteiger charge is 2.37. The Kier molecular flexibility index (Phi) is 4.82. The standard InChI is InChI=1S/C14H23ClOSi/c1-14(2,3)17(4,5)16-11-13-9-7-6-8-12(13)10-15/h6-9H,10-11H2,1-5H3. The molecule has 0 bridgehead atoms. The van der Waals surface area contributed by atoms with Crippen LogP contribution in [0.3, 0.4) is 0 Å². The molecule has 1 nitrogen and oxygen atoms in total. The molecule has 0 unspecified atom stereocenters. The summed E-state index contributed by atoms with van der Waals surface area (Å²) < 4.78 is 6.20. The third-order valence-corrected chi connectivity index (χ3v) is 8.42. The highest BCUT2D eigenvalue weighted by molar-refractivity contribution is 6.74. The van der Waals surface area contributed by atoms with Crippen LogP contribution in [0, 0.1) is 0 Å². The van der Waals surface area contributed by atoms with Gasteiger partial charge in [0.25, 0.3) is 0 Å². The second-order valence-corrected chi connectivity index (χ2v) is 11.0. The Hall–Kier alpha value is -0.313. The van der Waals surface area contributed by atoms with E-state index in [1.165, 1.54) is 11.1 Å². The van der Waals surface area contributed by atoms with Gasteiger partial charge in [-0.25, -0.2) is 0 Å². The van der Waals surface area contributed by atoms with Crippen molar-refractivity contribution >= 4 is 19.9 Å².